The molecule has 1 saturated heterocycles. The molecule has 0 aromatic carbocycles. The van der Waals surface area contributed by atoms with E-state index in [-0.39, 0.29) is 6.61 Å². The van der Waals surface area contributed by atoms with Crippen molar-refractivity contribution < 1.29 is 13.5 Å². The second-order valence-corrected chi connectivity index (χ2v) is 6.05. The van der Waals surface area contributed by atoms with Crippen molar-refractivity contribution in [2.45, 2.75) is 26.7 Å². The van der Waals surface area contributed by atoms with Crippen molar-refractivity contribution in [3.05, 3.63) is 0 Å². The van der Waals surface area contributed by atoms with Gasteiger partial charge in [-0.3, -0.25) is 0 Å². The first-order chi connectivity index (χ1) is 7.56. The van der Waals surface area contributed by atoms with Crippen molar-refractivity contribution in [1.29, 1.82) is 0 Å². The van der Waals surface area contributed by atoms with E-state index in [0.29, 0.717) is 38.5 Å². The Morgan fingerprint density at radius 3 is 2.50 bits per heavy atom. The predicted octanol–water partition coefficient (Wildman–Crippen LogP) is 0.277. The van der Waals surface area contributed by atoms with Gasteiger partial charge < -0.3 is 5.11 Å². The topological polar surface area (TPSA) is 60.9 Å². The SMILES string of the molecule is CCN(CC)S(=O)(=O)N1CCC(CCO)C1. The van der Waals surface area contributed by atoms with Gasteiger partial charge in [0.1, 0.15) is 0 Å². The molecule has 0 aliphatic carbocycles. The summed E-state index contributed by atoms with van der Waals surface area (Å²) in [6.07, 6.45) is 1.56. The zero-order valence-corrected chi connectivity index (χ0v) is 10.9. The van der Waals surface area contributed by atoms with Crippen LogP contribution in [-0.2, 0) is 10.2 Å². The van der Waals surface area contributed by atoms with E-state index >= 15 is 0 Å². The van der Waals surface area contributed by atoms with Crippen molar-refractivity contribution in [2.75, 3.05) is 32.8 Å². The highest BCUT2D eigenvalue weighted by Gasteiger charge is 2.33. The minimum Gasteiger partial charge on any atom is -0.396 e. The molecule has 0 radical (unpaired) electrons. The highest BCUT2D eigenvalue weighted by molar-refractivity contribution is 7.86. The second-order valence-electron chi connectivity index (χ2n) is 4.12. The number of hydrogen-bond donors (Lipinski definition) is 1. The van der Waals surface area contributed by atoms with E-state index in [0.717, 1.165) is 6.42 Å². The molecule has 0 spiro atoms. The first kappa shape index (κ1) is 13.9. The normalized spacial score (nSPS) is 23.1. The Hall–Kier alpha value is -0.170. The molecule has 1 unspecified atom stereocenters. The summed E-state index contributed by atoms with van der Waals surface area (Å²) in [5.74, 6) is 0.315. The summed E-state index contributed by atoms with van der Waals surface area (Å²) < 4.78 is 27.3. The lowest BCUT2D eigenvalue weighted by atomic mass is 10.1. The third-order valence-electron chi connectivity index (χ3n) is 3.14. The maximum Gasteiger partial charge on any atom is 0.281 e. The highest BCUT2D eigenvalue weighted by atomic mass is 32.2. The molecule has 1 N–H and O–H groups in total. The van der Waals surface area contributed by atoms with Gasteiger partial charge in [-0.1, -0.05) is 13.8 Å². The van der Waals surface area contributed by atoms with E-state index in [2.05, 4.69) is 0 Å². The van der Waals surface area contributed by atoms with Gasteiger partial charge in [0.2, 0.25) is 0 Å². The van der Waals surface area contributed by atoms with E-state index in [9.17, 15) is 8.42 Å². The zero-order valence-electron chi connectivity index (χ0n) is 10.1. The fraction of sp³-hybridized carbons (Fsp3) is 1.00. The summed E-state index contributed by atoms with van der Waals surface area (Å²) in [7, 11) is -3.27. The number of rotatable bonds is 6. The van der Waals surface area contributed by atoms with Crippen LogP contribution in [0.2, 0.25) is 0 Å². The van der Waals surface area contributed by atoms with Crippen LogP contribution in [0, 0.1) is 5.92 Å². The maximum atomic E-state index is 12.1. The predicted molar refractivity (Wildman–Crippen MR) is 63.2 cm³/mol. The monoisotopic (exact) mass is 250 g/mol. The van der Waals surface area contributed by atoms with E-state index in [4.69, 9.17) is 5.11 Å². The Balaban J connectivity index is 2.64. The molecule has 0 aromatic rings. The number of hydrogen-bond acceptors (Lipinski definition) is 3. The van der Waals surface area contributed by atoms with E-state index in [1.807, 2.05) is 13.8 Å². The lowest BCUT2D eigenvalue weighted by Gasteiger charge is -2.25. The van der Waals surface area contributed by atoms with Gasteiger partial charge in [0.25, 0.3) is 10.2 Å². The van der Waals surface area contributed by atoms with Crippen LogP contribution in [0.3, 0.4) is 0 Å². The summed E-state index contributed by atoms with van der Waals surface area (Å²) in [6, 6.07) is 0. The molecular formula is C10H22N2O3S. The molecule has 5 nitrogen and oxygen atoms in total. The standard InChI is InChI=1S/C10H22N2O3S/c1-3-11(4-2)16(14,15)12-7-5-10(9-12)6-8-13/h10,13H,3-9H2,1-2H3. The molecule has 1 heterocycles. The largest absolute Gasteiger partial charge is 0.396 e. The molecule has 0 saturated carbocycles. The molecule has 1 atom stereocenters. The quantitative estimate of drug-likeness (QED) is 0.736. The third kappa shape index (κ3) is 2.94. The van der Waals surface area contributed by atoms with Gasteiger partial charge in [-0.05, 0) is 18.8 Å². The number of nitrogens with zero attached hydrogens (tertiary/aromatic N) is 2. The van der Waals surface area contributed by atoms with Gasteiger partial charge in [-0.2, -0.15) is 17.0 Å². The summed E-state index contributed by atoms with van der Waals surface area (Å²) in [4.78, 5) is 0. The molecule has 96 valence electrons. The number of aliphatic hydroxyl groups is 1. The van der Waals surface area contributed by atoms with Crippen molar-refractivity contribution >= 4 is 10.2 Å². The molecule has 0 bridgehead atoms. The Bertz CT molecular complexity index is 301. The van der Waals surface area contributed by atoms with Crippen LogP contribution in [0.1, 0.15) is 26.7 Å². The van der Waals surface area contributed by atoms with Gasteiger partial charge in [0.15, 0.2) is 0 Å². The Morgan fingerprint density at radius 1 is 1.38 bits per heavy atom. The van der Waals surface area contributed by atoms with Gasteiger partial charge in [0, 0.05) is 32.8 Å². The van der Waals surface area contributed by atoms with Crippen LogP contribution in [0.4, 0.5) is 0 Å². The Kier molecular flexibility index (Phi) is 5.17. The van der Waals surface area contributed by atoms with E-state index in [1.54, 1.807) is 4.31 Å². The fourth-order valence-corrected chi connectivity index (χ4v) is 3.85. The smallest absolute Gasteiger partial charge is 0.281 e. The van der Waals surface area contributed by atoms with Crippen LogP contribution >= 0.6 is 0 Å². The van der Waals surface area contributed by atoms with Crippen molar-refractivity contribution in [1.82, 2.24) is 8.61 Å². The second kappa shape index (κ2) is 5.95. The average Bonchev–Trinajstić information content (AvgIpc) is 2.69. The summed E-state index contributed by atoms with van der Waals surface area (Å²) in [5, 5.41) is 8.84. The van der Waals surface area contributed by atoms with Gasteiger partial charge in [0.05, 0.1) is 0 Å². The minimum absolute atomic E-state index is 0.143. The van der Waals surface area contributed by atoms with Crippen LogP contribution < -0.4 is 0 Å². The molecule has 1 aliphatic heterocycles. The van der Waals surface area contributed by atoms with Crippen LogP contribution in [0.15, 0.2) is 0 Å². The summed E-state index contributed by atoms with van der Waals surface area (Å²) in [5.41, 5.74) is 0. The first-order valence-electron chi connectivity index (χ1n) is 5.92. The first-order valence-corrected chi connectivity index (χ1v) is 7.32. The number of aliphatic hydroxyl groups excluding tert-OH is 1. The minimum atomic E-state index is -3.27. The Morgan fingerprint density at radius 2 is 2.00 bits per heavy atom. The summed E-state index contributed by atoms with van der Waals surface area (Å²) in [6.45, 7) is 6.01. The third-order valence-corrected chi connectivity index (χ3v) is 5.30. The van der Waals surface area contributed by atoms with E-state index < -0.39 is 10.2 Å². The molecule has 0 amide bonds. The molecule has 1 fully saturated rings. The molecule has 6 heteroatoms. The molecule has 16 heavy (non-hydrogen) atoms. The van der Waals surface area contributed by atoms with Crippen molar-refractivity contribution in [3.63, 3.8) is 0 Å². The Labute approximate surface area is 98.2 Å². The molecule has 0 aromatic heterocycles. The fourth-order valence-electron chi connectivity index (χ4n) is 2.14. The molecule has 1 rings (SSSR count). The van der Waals surface area contributed by atoms with Crippen LogP contribution in [0.5, 0.6) is 0 Å². The van der Waals surface area contributed by atoms with Gasteiger partial charge in [-0.25, -0.2) is 0 Å². The molecular weight excluding hydrogens is 228 g/mol. The van der Waals surface area contributed by atoms with Crippen molar-refractivity contribution in [2.24, 2.45) is 5.92 Å². The zero-order chi connectivity index (χ0) is 12.2. The van der Waals surface area contributed by atoms with Gasteiger partial charge in [-0.15, -0.1) is 0 Å². The lowest BCUT2D eigenvalue weighted by molar-refractivity contribution is 0.259. The summed E-state index contributed by atoms with van der Waals surface area (Å²) >= 11 is 0. The van der Waals surface area contributed by atoms with Crippen LogP contribution in [0.25, 0.3) is 0 Å². The van der Waals surface area contributed by atoms with Gasteiger partial charge >= 0.3 is 0 Å². The molecule has 1 aliphatic rings. The van der Waals surface area contributed by atoms with Crippen LogP contribution in [-0.4, -0.2) is 54.9 Å². The maximum absolute atomic E-state index is 12.1. The van der Waals surface area contributed by atoms with Crippen molar-refractivity contribution in [3.8, 4) is 0 Å². The highest BCUT2D eigenvalue weighted by Crippen LogP contribution is 2.23. The average molecular weight is 250 g/mol. The lowest BCUT2D eigenvalue weighted by Crippen LogP contribution is -2.42. The van der Waals surface area contributed by atoms with E-state index in [1.165, 1.54) is 4.31 Å².